The van der Waals surface area contributed by atoms with Gasteiger partial charge >= 0.3 is 7.12 Å². The Morgan fingerprint density at radius 2 is 1.58 bits per heavy atom. The van der Waals surface area contributed by atoms with Gasteiger partial charge in [-0.15, -0.1) is 0 Å². The van der Waals surface area contributed by atoms with E-state index in [0.29, 0.717) is 19.3 Å². The third-order valence-electron chi connectivity index (χ3n) is 5.71. The fraction of sp³-hybridized carbons (Fsp3) is 0.870. The van der Waals surface area contributed by atoms with Crippen molar-refractivity contribution in [2.45, 2.75) is 116 Å². The largest absolute Gasteiger partial charge is 0.475 e. The van der Waals surface area contributed by atoms with Gasteiger partial charge in [0.2, 0.25) is 11.8 Å². The summed E-state index contributed by atoms with van der Waals surface area (Å²) in [6.07, 6.45) is 11.4. The number of carbonyl (C=O) groups is 2. The van der Waals surface area contributed by atoms with Gasteiger partial charge in [-0.3, -0.25) is 9.59 Å². The number of amides is 2. The summed E-state index contributed by atoms with van der Waals surface area (Å²) in [4.78, 5) is 39.6. The van der Waals surface area contributed by atoms with Crippen molar-refractivity contribution >= 4 is 24.9 Å². The Morgan fingerprint density at radius 3 is 2.11 bits per heavy atom. The number of nitro groups is 1. The predicted octanol–water partition coefficient (Wildman–Crippen LogP) is 1.81. The van der Waals surface area contributed by atoms with Crippen LogP contribution in [0.2, 0.25) is 0 Å². The van der Waals surface area contributed by atoms with Gasteiger partial charge in [-0.25, -0.2) is 15.1 Å². The van der Waals surface area contributed by atoms with Crippen molar-refractivity contribution < 1.29 is 24.7 Å². The topological polar surface area (TPSA) is 192 Å². The molecule has 2 amide bonds. The molecule has 0 radical (unpaired) electrons. The standard InChI is InChI=1S/C23H47BN6O6/c1-4-5-6-7-8-9-10-11-12-15-21(31)27-19(14-13-16-26-23(25)29-30(35)36)22(32)28-20(24(33)34)17-18(2)3/h18-20,33-34H,4-17H2,1-3H3,(H,27,31)(H,28,32)(H3,25,26,29)/t19-,20-/m0/s1. The molecule has 0 aromatic rings. The highest BCUT2D eigenvalue weighted by Crippen LogP contribution is 2.11. The molecule has 0 rings (SSSR count). The minimum atomic E-state index is -1.73. The first-order chi connectivity index (χ1) is 17.1. The fourth-order valence-corrected chi connectivity index (χ4v) is 3.80. The zero-order valence-electron chi connectivity index (χ0n) is 22.2. The molecule has 13 heteroatoms. The van der Waals surface area contributed by atoms with Crippen LogP contribution in [-0.4, -0.2) is 58.5 Å². The average Bonchev–Trinajstić information content (AvgIpc) is 2.78. The van der Waals surface area contributed by atoms with Crippen LogP contribution in [0.4, 0.5) is 0 Å². The first kappa shape index (κ1) is 33.6. The van der Waals surface area contributed by atoms with Gasteiger partial charge in [0.1, 0.15) is 6.04 Å². The number of guanidine groups is 1. The van der Waals surface area contributed by atoms with E-state index in [1.54, 1.807) is 5.43 Å². The Bertz CT molecular complexity index is 665. The van der Waals surface area contributed by atoms with Gasteiger partial charge in [0.15, 0.2) is 5.03 Å². The Kier molecular flexibility index (Phi) is 19.4. The van der Waals surface area contributed by atoms with Crippen molar-refractivity contribution in [2.75, 3.05) is 6.54 Å². The first-order valence-corrected chi connectivity index (χ1v) is 13.2. The summed E-state index contributed by atoms with van der Waals surface area (Å²) < 4.78 is 0. The summed E-state index contributed by atoms with van der Waals surface area (Å²) in [5, 5.41) is 34.2. The Balaban J connectivity index is 4.75. The number of hydrogen-bond acceptors (Lipinski definition) is 7. The number of nitrogens with two attached hydrogens (primary N) is 1. The molecule has 0 saturated carbocycles. The molecule has 0 aromatic heterocycles. The molecule has 0 heterocycles. The molecule has 208 valence electrons. The summed E-state index contributed by atoms with van der Waals surface area (Å²) in [5.41, 5.74) is 7.13. The molecule has 36 heavy (non-hydrogen) atoms. The monoisotopic (exact) mass is 514 g/mol. The number of nitrogens with zero attached hydrogens (tertiary/aromatic N) is 2. The number of nitrogens with one attached hydrogen (secondary N) is 3. The number of carbonyl (C=O) groups excluding carboxylic acids is 2. The maximum atomic E-state index is 12.9. The van der Waals surface area contributed by atoms with Crippen LogP contribution in [0.1, 0.15) is 104 Å². The van der Waals surface area contributed by atoms with E-state index in [1.807, 2.05) is 13.8 Å². The fourth-order valence-electron chi connectivity index (χ4n) is 3.80. The molecule has 7 N–H and O–H groups in total. The number of aliphatic imine (C=N–C) groups is 1. The van der Waals surface area contributed by atoms with Crippen LogP contribution in [0.15, 0.2) is 4.99 Å². The van der Waals surface area contributed by atoms with Crippen molar-refractivity contribution in [3.63, 3.8) is 0 Å². The third kappa shape index (κ3) is 18.9. The third-order valence-corrected chi connectivity index (χ3v) is 5.71. The second kappa shape index (κ2) is 20.8. The maximum Gasteiger partial charge on any atom is 0.475 e. The molecule has 2 atom stereocenters. The number of rotatable bonds is 21. The molecule has 0 fully saturated rings. The van der Waals surface area contributed by atoms with Crippen LogP contribution in [0, 0.1) is 16.0 Å². The van der Waals surface area contributed by atoms with Gasteiger partial charge in [-0.1, -0.05) is 77.6 Å². The second-order valence-corrected chi connectivity index (χ2v) is 9.63. The van der Waals surface area contributed by atoms with Gasteiger partial charge < -0.3 is 26.4 Å². The second-order valence-electron chi connectivity index (χ2n) is 9.63. The van der Waals surface area contributed by atoms with E-state index in [-0.39, 0.29) is 30.8 Å². The first-order valence-electron chi connectivity index (χ1n) is 13.2. The zero-order valence-corrected chi connectivity index (χ0v) is 22.2. The lowest BCUT2D eigenvalue weighted by Gasteiger charge is -2.24. The summed E-state index contributed by atoms with van der Waals surface area (Å²) >= 11 is 0. The molecule has 0 spiro atoms. The Hall–Kier alpha value is -2.41. The van der Waals surface area contributed by atoms with Crippen LogP contribution < -0.4 is 21.8 Å². The van der Waals surface area contributed by atoms with Crippen LogP contribution in [0.5, 0.6) is 0 Å². The maximum absolute atomic E-state index is 12.9. The normalized spacial score (nSPS) is 13.2. The lowest BCUT2D eigenvalue weighted by Crippen LogP contribution is -2.54. The van der Waals surface area contributed by atoms with E-state index in [2.05, 4.69) is 22.5 Å². The minimum absolute atomic E-state index is 0.114. The van der Waals surface area contributed by atoms with E-state index in [1.165, 1.54) is 32.1 Å². The molecular formula is C23H47BN6O6. The van der Waals surface area contributed by atoms with Gasteiger partial charge in [0, 0.05) is 13.0 Å². The lowest BCUT2D eigenvalue weighted by molar-refractivity contribution is -0.525. The van der Waals surface area contributed by atoms with Crippen LogP contribution in [0.3, 0.4) is 0 Å². The SMILES string of the molecule is CCCCCCCCCCCC(=O)N[C@@H](CCCN=C(N)N[N+](=O)[O-])C(=O)N[C@@H](CC(C)C)B(O)O. The molecule has 0 unspecified atom stereocenters. The van der Waals surface area contributed by atoms with E-state index in [4.69, 9.17) is 5.73 Å². The molecular weight excluding hydrogens is 467 g/mol. The van der Waals surface area contributed by atoms with Crippen molar-refractivity contribution in [1.82, 2.24) is 16.1 Å². The van der Waals surface area contributed by atoms with E-state index in [0.717, 1.165) is 25.7 Å². The molecule has 0 aromatic carbocycles. The highest BCUT2D eigenvalue weighted by atomic mass is 16.7. The summed E-state index contributed by atoms with van der Waals surface area (Å²) in [6, 6.07) is -0.899. The van der Waals surface area contributed by atoms with Crippen molar-refractivity contribution in [3.05, 3.63) is 10.1 Å². The molecule has 0 aliphatic heterocycles. The van der Waals surface area contributed by atoms with Gasteiger partial charge in [-0.05, 0) is 31.6 Å². The van der Waals surface area contributed by atoms with Gasteiger partial charge in [0.25, 0.3) is 5.96 Å². The number of hydrazine groups is 1. The zero-order chi connectivity index (χ0) is 27.3. The number of hydrogen-bond donors (Lipinski definition) is 6. The molecule has 0 aliphatic rings. The van der Waals surface area contributed by atoms with E-state index in [9.17, 15) is 29.8 Å². The Morgan fingerprint density at radius 1 is 1.00 bits per heavy atom. The van der Waals surface area contributed by atoms with Gasteiger partial charge in [-0.2, -0.15) is 0 Å². The van der Waals surface area contributed by atoms with Crippen molar-refractivity contribution in [1.29, 1.82) is 0 Å². The van der Waals surface area contributed by atoms with Crippen LogP contribution >= 0.6 is 0 Å². The highest BCUT2D eigenvalue weighted by Gasteiger charge is 2.29. The van der Waals surface area contributed by atoms with E-state index < -0.39 is 30.0 Å². The summed E-state index contributed by atoms with van der Waals surface area (Å²) in [7, 11) is -1.73. The number of unbranched alkanes of at least 4 members (excludes halogenated alkanes) is 8. The minimum Gasteiger partial charge on any atom is -0.426 e. The molecule has 0 aliphatic carbocycles. The van der Waals surface area contributed by atoms with E-state index >= 15 is 0 Å². The van der Waals surface area contributed by atoms with Crippen LogP contribution in [0.25, 0.3) is 0 Å². The molecule has 0 saturated heterocycles. The predicted molar refractivity (Wildman–Crippen MR) is 141 cm³/mol. The Labute approximate surface area is 215 Å². The molecule has 12 nitrogen and oxygen atoms in total. The summed E-state index contributed by atoms with van der Waals surface area (Å²) in [5.74, 6) is -1.87. The smallest absolute Gasteiger partial charge is 0.426 e. The van der Waals surface area contributed by atoms with Crippen molar-refractivity contribution in [2.24, 2.45) is 16.6 Å². The average molecular weight is 514 g/mol. The summed E-state index contributed by atoms with van der Waals surface area (Å²) in [6.45, 7) is 6.10. The van der Waals surface area contributed by atoms with Crippen molar-refractivity contribution in [3.8, 4) is 0 Å². The quantitative estimate of drug-likeness (QED) is 0.0333. The van der Waals surface area contributed by atoms with Gasteiger partial charge in [0.05, 0.1) is 5.94 Å². The highest BCUT2D eigenvalue weighted by molar-refractivity contribution is 6.43. The lowest BCUT2D eigenvalue weighted by atomic mass is 9.75. The van der Waals surface area contributed by atoms with Crippen LogP contribution in [-0.2, 0) is 9.59 Å². The molecule has 0 bridgehead atoms.